The monoisotopic (exact) mass is 401 g/mol. The minimum absolute atomic E-state index is 0. The van der Waals surface area contributed by atoms with Gasteiger partial charge in [-0.05, 0) is 24.6 Å². The number of hydrogen-bond donors (Lipinski definition) is 1. The number of carbonyl (C=O) groups excluding carboxylic acids is 1. The number of benzene rings is 1. The van der Waals surface area contributed by atoms with Gasteiger partial charge in [-0.1, -0.05) is 18.2 Å². The highest BCUT2D eigenvalue weighted by Gasteiger charge is 2.30. The summed E-state index contributed by atoms with van der Waals surface area (Å²) in [5.74, 6) is 0.106. The predicted octanol–water partition coefficient (Wildman–Crippen LogP) is 2.93. The number of piperazine rings is 1. The first-order valence-electron chi connectivity index (χ1n) is 7.76. The third kappa shape index (κ3) is 7.40. The lowest BCUT2D eigenvalue weighted by Gasteiger charge is -2.35. The van der Waals surface area contributed by atoms with Gasteiger partial charge < -0.3 is 10.6 Å². The normalized spacial score (nSPS) is 15.3. The van der Waals surface area contributed by atoms with Gasteiger partial charge in [0.05, 0.1) is 5.56 Å². The summed E-state index contributed by atoms with van der Waals surface area (Å²) in [5, 5.41) is 0. The Hall–Kier alpha value is -1.02. The molecular formula is C16H24Cl2F3N3O. The van der Waals surface area contributed by atoms with Gasteiger partial charge in [0, 0.05) is 39.1 Å². The molecule has 25 heavy (non-hydrogen) atoms. The van der Waals surface area contributed by atoms with E-state index in [9.17, 15) is 18.0 Å². The second-order valence-electron chi connectivity index (χ2n) is 5.75. The Kier molecular flexibility index (Phi) is 10.4. The van der Waals surface area contributed by atoms with Crippen LogP contribution in [0.4, 0.5) is 13.2 Å². The van der Waals surface area contributed by atoms with Crippen molar-refractivity contribution in [2.24, 2.45) is 5.73 Å². The molecule has 0 unspecified atom stereocenters. The van der Waals surface area contributed by atoms with Crippen LogP contribution in [0.5, 0.6) is 0 Å². The third-order valence-electron chi connectivity index (χ3n) is 3.98. The summed E-state index contributed by atoms with van der Waals surface area (Å²) in [5.41, 5.74) is 5.42. The van der Waals surface area contributed by atoms with E-state index in [1.54, 1.807) is 11.0 Å². The van der Waals surface area contributed by atoms with E-state index in [2.05, 4.69) is 4.90 Å². The number of nitrogens with zero attached hydrogens (tertiary/aromatic N) is 2. The van der Waals surface area contributed by atoms with Crippen molar-refractivity contribution in [1.82, 2.24) is 9.80 Å². The summed E-state index contributed by atoms with van der Waals surface area (Å²) in [6.45, 7) is 3.54. The fourth-order valence-corrected chi connectivity index (χ4v) is 2.67. The fraction of sp³-hybridized carbons (Fsp3) is 0.562. The smallest absolute Gasteiger partial charge is 0.340 e. The Bertz CT molecular complexity index is 536. The van der Waals surface area contributed by atoms with Crippen LogP contribution >= 0.6 is 24.8 Å². The minimum atomic E-state index is -4.32. The molecule has 1 saturated heterocycles. The second-order valence-corrected chi connectivity index (χ2v) is 5.75. The molecule has 1 heterocycles. The Morgan fingerprint density at radius 1 is 1.12 bits per heavy atom. The quantitative estimate of drug-likeness (QED) is 0.824. The Balaban J connectivity index is 0.00000288. The van der Waals surface area contributed by atoms with Gasteiger partial charge in [0.1, 0.15) is 0 Å². The van der Waals surface area contributed by atoms with E-state index in [0.29, 0.717) is 57.7 Å². The van der Waals surface area contributed by atoms with Crippen molar-refractivity contribution in [3.8, 4) is 0 Å². The third-order valence-corrected chi connectivity index (χ3v) is 3.98. The lowest BCUT2D eigenvalue weighted by atomic mass is 10.1. The largest absolute Gasteiger partial charge is 0.416 e. The van der Waals surface area contributed by atoms with Crippen molar-refractivity contribution < 1.29 is 18.0 Å². The molecule has 1 aromatic rings. The molecule has 0 radical (unpaired) electrons. The molecule has 0 saturated carbocycles. The summed E-state index contributed by atoms with van der Waals surface area (Å²) in [6, 6.07) is 5.41. The topological polar surface area (TPSA) is 49.6 Å². The summed E-state index contributed by atoms with van der Waals surface area (Å²) >= 11 is 0. The zero-order chi connectivity index (χ0) is 16.9. The highest BCUT2D eigenvalue weighted by atomic mass is 35.5. The lowest BCUT2D eigenvalue weighted by Crippen LogP contribution is -2.48. The lowest BCUT2D eigenvalue weighted by molar-refractivity contribution is -0.137. The van der Waals surface area contributed by atoms with Crippen LogP contribution < -0.4 is 5.73 Å². The molecule has 2 N–H and O–H groups in total. The van der Waals surface area contributed by atoms with Gasteiger partial charge in [0.2, 0.25) is 5.91 Å². The van der Waals surface area contributed by atoms with E-state index >= 15 is 0 Å². The summed E-state index contributed by atoms with van der Waals surface area (Å²) in [6.07, 6.45) is -3.17. The average Bonchev–Trinajstić information content (AvgIpc) is 2.53. The average molecular weight is 402 g/mol. The Morgan fingerprint density at radius 3 is 2.32 bits per heavy atom. The molecule has 2 rings (SSSR count). The molecule has 0 spiro atoms. The summed E-state index contributed by atoms with van der Waals surface area (Å²) in [7, 11) is 0. The number of amides is 1. The van der Waals surface area contributed by atoms with Crippen LogP contribution in [-0.2, 0) is 17.5 Å². The molecule has 1 aliphatic rings. The second kappa shape index (κ2) is 10.9. The molecule has 144 valence electrons. The van der Waals surface area contributed by atoms with Gasteiger partial charge in [0.15, 0.2) is 0 Å². The molecule has 0 bridgehead atoms. The van der Waals surface area contributed by atoms with Gasteiger partial charge >= 0.3 is 6.18 Å². The number of hydrogen-bond acceptors (Lipinski definition) is 3. The van der Waals surface area contributed by atoms with Crippen LogP contribution in [0.25, 0.3) is 0 Å². The SMILES string of the molecule is Cl.Cl.NCCCC(=O)N1CCN(Cc2cccc(C(F)(F)F)c2)CC1. The molecule has 1 fully saturated rings. The van der Waals surface area contributed by atoms with Crippen LogP contribution in [0.15, 0.2) is 24.3 Å². The highest BCUT2D eigenvalue weighted by Crippen LogP contribution is 2.29. The molecule has 0 aromatic heterocycles. The Labute approximate surface area is 158 Å². The van der Waals surface area contributed by atoms with Crippen molar-refractivity contribution in [1.29, 1.82) is 0 Å². The molecule has 1 aliphatic heterocycles. The predicted molar refractivity (Wildman–Crippen MR) is 96.1 cm³/mol. The first kappa shape index (κ1) is 24.0. The molecule has 4 nitrogen and oxygen atoms in total. The Morgan fingerprint density at radius 2 is 1.76 bits per heavy atom. The first-order chi connectivity index (χ1) is 10.9. The maximum absolute atomic E-state index is 12.7. The van der Waals surface area contributed by atoms with Crippen LogP contribution in [0, 0.1) is 0 Å². The molecule has 0 atom stereocenters. The van der Waals surface area contributed by atoms with E-state index in [4.69, 9.17) is 5.73 Å². The standard InChI is InChI=1S/C16H22F3N3O.2ClH/c17-16(18,19)14-4-1-3-13(11-14)12-21-7-9-22(10-8-21)15(23)5-2-6-20;;/h1,3-4,11H,2,5-10,12,20H2;2*1H. The summed E-state index contributed by atoms with van der Waals surface area (Å²) in [4.78, 5) is 15.8. The van der Waals surface area contributed by atoms with Crippen molar-refractivity contribution in [3.05, 3.63) is 35.4 Å². The highest BCUT2D eigenvalue weighted by molar-refractivity contribution is 5.85. The maximum Gasteiger partial charge on any atom is 0.416 e. The van der Waals surface area contributed by atoms with E-state index in [1.807, 2.05) is 0 Å². The number of rotatable bonds is 5. The van der Waals surface area contributed by atoms with Crippen molar-refractivity contribution >= 4 is 30.7 Å². The summed E-state index contributed by atoms with van der Waals surface area (Å²) < 4.78 is 38.2. The van der Waals surface area contributed by atoms with E-state index in [0.717, 1.165) is 6.07 Å². The van der Waals surface area contributed by atoms with E-state index in [1.165, 1.54) is 12.1 Å². The molecular weight excluding hydrogens is 378 g/mol. The fourth-order valence-electron chi connectivity index (χ4n) is 2.67. The van der Waals surface area contributed by atoms with Crippen LogP contribution in [-0.4, -0.2) is 48.4 Å². The van der Waals surface area contributed by atoms with Crippen LogP contribution in [0.1, 0.15) is 24.0 Å². The molecule has 0 aliphatic carbocycles. The van der Waals surface area contributed by atoms with Gasteiger partial charge in [-0.25, -0.2) is 0 Å². The van der Waals surface area contributed by atoms with E-state index in [-0.39, 0.29) is 30.7 Å². The first-order valence-corrected chi connectivity index (χ1v) is 7.76. The van der Waals surface area contributed by atoms with Gasteiger partial charge in [0.25, 0.3) is 0 Å². The molecule has 9 heteroatoms. The number of nitrogens with two attached hydrogens (primary N) is 1. The van der Waals surface area contributed by atoms with Crippen molar-refractivity contribution in [3.63, 3.8) is 0 Å². The van der Waals surface area contributed by atoms with Gasteiger partial charge in [-0.15, -0.1) is 24.8 Å². The number of alkyl halides is 3. The van der Waals surface area contributed by atoms with E-state index < -0.39 is 11.7 Å². The van der Waals surface area contributed by atoms with Crippen molar-refractivity contribution in [2.45, 2.75) is 25.6 Å². The van der Waals surface area contributed by atoms with Gasteiger partial charge in [-0.2, -0.15) is 13.2 Å². The van der Waals surface area contributed by atoms with Crippen LogP contribution in [0.3, 0.4) is 0 Å². The number of carbonyl (C=O) groups is 1. The zero-order valence-corrected chi connectivity index (χ0v) is 15.4. The maximum atomic E-state index is 12.7. The van der Waals surface area contributed by atoms with Crippen molar-refractivity contribution in [2.75, 3.05) is 32.7 Å². The zero-order valence-electron chi connectivity index (χ0n) is 13.8. The number of halogens is 5. The molecule has 1 aromatic carbocycles. The van der Waals surface area contributed by atoms with Crippen LogP contribution in [0.2, 0.25) is 0 Å². The van der Waals surface area contributed by atoms with Gasteiger partial charge in [-0.3, -0.25) is 9.69 Å². The molecule has 1 amide bonds. The minimum Gasteiger partial charge on any atom is -0.340 e.